The second kappa shape index (κ2) is 6.28. The predicted octanol–water partition coefficient (Wildman–Crippen LogP) is 2.67. The van der Waals surface area contributed by atoms with E-state index in [1.165, 1.54) is 30.5 Å². The lowest BCUT2D eigenvalue weighted by Gasteiger charge is -2.26. The van der Waals surface area contributed by atoms with Gasteiger partial charge in [-0.25, -0.2) is 0 Å². The first-order valence-corrected chi connectivity index (χ1v) is 7.75. The molecule has 1 aliphatic heterocycles. The molecule has 23 heavy (non-hydrogen) atoms. The predicted molar refractivity (Wildman–Crippen MR) is 87.8 cm³/mol. The fourth-order valence-corrected chi connectivity index (χ4v) is 3.19. The number of nitrogens with one attached hydrogen (secondary N) is 1. The fraction of sp³-hybridized carbons (Fsp3) is 0.333. The van der Waals surface area contributed by atoms with Gasteiger partial charge in [0.05, 0.1) is 13.2 Å². The second-order valence-corrected chi connectivity index (χ2v) is 5.79. The van der Waals surface area contributed by atoms with Crippen LogP contribution < -0.4 is 10.2 Å². The molecule has 3 rings (SSSR count). The van der Waals surface area contributed by atoms with Crippen molar-refractivity contribution in [3.05, 3.63) is 63.6 Å². The zero-order valence-corrected chi connectivity index (χ0v) is 13.3. The van der Waals surface area contributed by atoms with Crippen LogP contribution in [0.15, 0.2) is 41.3 Å². The van der Waals surface area contributed by atoms with Gasteiger partial charge in [-0.05, 0) is 30.9 Å². The summed E-state index contributed by atoms with van der Waals surface area (Å²) in [5.74, 6) is 0.0638. The smallest absolute Gasteiger partial charge is 0.270 e. The highest BCUT2D eigenvalue weighted by Crippen LogP contribution is 2.34. The Morgan fingerprint density at radius 2 is 2.13 bits per heavy atom. The minimum atomic E-state index is -0.291. The van der Waals surface area contributed by atoms with Crippen LogP contribution in [0.5, 0.6) is 5.75 Å². The summed E-state index contributed by atoms with van der Waals surface area (Å²) in [5.41, 5.74) is 2.37. The molecule has 0 bridgehead atoms. The largest absolute Gasteiger partial charge is 0.491 e. The Morgan fingerprint density at radius 1 is 1.35 bits per heavy atom. The zero-order chi connectivity index (χ0) is 16.4. The maximum atomic E-state index is 12.8. The van der Waals surface area contributed by atoms with E-state index in [2.05, 4.69) is 24.0 Å². The highest BCUT2D eigenvalue weighted by Gasteiger charge is 2.31. The van der Waals surface area contributed by atoms with Gasteiger partial charge in [0, 0.05) is 18.8 Å². The number of ether oxygens (including phenoxy) is 1. The normalized spacial score (nSPS) is 17.3. The van der Waals surface area contributed by atoms with Gasteiger partial charge in [0.2, 0.25) is 5.43 Å². The molecule has 1 fully saturated rings. The molecule has 2 aromatic rings. The molecule has 0 aliphatic carbocycles. The Balaban J connectivity index is 1.91. The van der Waals surface area contributed by atoms with Crippen molar-refractivity contribution >= 4 is 5.91 Å². The third kappa shape index (κ3) is 2.86. The van der Waals surface area contributed by atoms with Gasteiger partial charge in [-0.15, -0.1) is 0 Å². The van der Waals surface area contributed by atoms with Crippen LogP contribution in [0.3, 0.4) is 0 Å². The summed E-state index contributed by atoms with van der Waals surface area (Å²) in [6.07, 6.45) is 3.34. The average molecular weight is 312 g/mol. The molecule has 1 aliphatic rings. The van der Waals surface area contributed by atoms with Gasteiger partial charge in [-0.3, -0.25) is 9.59 Å². The summed E-state index contributed by atoms with van der Waals surface area (Å²) in [4.78, 5) is 29.4. The number of carbonyl (C=O) groups excluding carboxylic acids is 1. The van der Waals surface area contributed by atoms with Crippen molar-refractivity contribution in [2.75, 3.05) is 13.7 Å². The van der Waals surface area contributed by atoms with Gasteiger partial charge in [0.1, 0.15) is 5.69 Å². The van der Waals surface area contributed by atoms with E-state index in [0.717, 1.165) is 12.8 Å². The molecular weight excluding hydrogens is 292 g/mol. The Bertz CT molecular complexity index is 782. The van der Waals surface area contributed by atoms with Gasteiger partial charge in [0.15, 0.2) is 5.75 Å². The van der Waals surface area contributed by atoms with Gasteiger partial charge in [-0.2, -0.15) is 0 Å². The molecule has 5 nitrogen and oxygen atoms in total. The molecule has 1 N–H and O–H groups in total. The number of hydrogen-bond donors (Lipinski definition) is 1. The standard InChI is InChI=1S/C18H20N2O3/c1-12-6-3-4-7-13(12)15-8-5-9-20(15)18(22)14-10-16(21)17(23-2)11-19-14/h3-4,6-7,10-11,15H,5,8-9H2,1-2H3,(H,19,21)/t15-/m1/s1. The molecular formula is C18H20N2O3. The minimum absolute atomic E-state index is 0.0642. The van der Waals surface area contributed by atoms with Gasteiger partial charge < -0.3 is 14.6 Å². The second-order valence-electron chi connectivity index (χ2n) is 5.79. The first kappa shape index (κ1) is 15.3. The number of likely N-dealkylation sites (tertiary alicyclic amines) is 1. The van der Waals surface area contributed by atoms with Crippen molar-refractivity contribution in [2.45, 2.75) is 25.8 Å². The van der Waals surface area contributed by atoms with Crippen molar-refractivity contribution in [1.29, 1.82) is 0 Å². The third-order valence-corrected chi connectivity index (χ3v) is 4.39. The lowest BCUT2D eigenvalue weighted by Crippen LogP contribution is -2.32. The number of H-pyrrole nitrogens is 1. The van der Waals surface area contributed by atoms with E-state index >= 15 is 0 Å². The van der Waals surface area contributed by atoms with Crippen LogP contribution in [-0.4, -0.2) is 29.4 Å². The first-order chi connectivity index (χ1) is 11.1. The topological polar surface area (TPSA) is 62.4 Å². The van der Waals surface area contributed by atoms with E-state index in [9.17, 15) is 9.59 Å². The molecule has 1 aromatic heterocycles. The minimum Gasteiger partial charge on any atom is -0.491 e. The number of nitrogens with zero attached hydrogens (tertiary/aromatic N) is 1. The van der Waals surface area contributed by atoms with Crippen molar-refractivity contribution in [1.82, 2.24) is 9.88 Å². The number of methoxy groups -OCH3 is 1. The van der Waals surface area contributed by atoms with Gasteiger partial charge in [-0.1, -0.05) is 24.3 Å². The molecule has 2 heterocycles. The number of rotatable bonds is 3. The van der Waals surface area contributed by atoms with Gasteiger partial charge >= 0.3 is 0 Å². The van der Waals surface area contributed by atoms with Crippen molar-refractivity contribution in [3.63, 3.8) is 0 Å². The Hall–Kier alpha value is -2.56. The highest BCUT2D eigenvalue weighted by atomic mass is 16.5. The summed E-state index contributed by atoms with van der Waals surface area (Å²) >= 11 is 0. The summed E-state index contributed by atoms with van der Waals surface area (Å²) in [6.45, 7) is 2.76. The van der Waals surface area contributed by atoms with E-state index in [1.807, 2.05) is 17.0 Å². The molecule has 0 spiro atoms. The lowest BCUT2D eigenvalue weighted by atomic mass is 9.99. The van der Waals surface area contributed by atoms with Crippen LogP contribution in [0.4, 0.5) is 0 Å². The molecule has 0 saturated carbocycles. The van der Waals surface area contributed by atoms with Gasteiger partial charge in [0.25, 0.3) is 5.91 Å². The van der Waals surface area contributed by atoms with E-state index in [4.69, 9.17) is 4.74 Å². The Morgan fingerprint density at radius 3 is 2.83 bits per heavy atom. The number of benzene rings is 1. The summed E-state index contributed by atoms with van der Waals surface area (Å²) in [6, 6.07) is 9.51. The number of hydrogen-bond acceptors (Lipinski definition) is 3. The van der Waals surface area contributed by atoms with Crippen LogP contribution in [0.2, 0.25) is 0 Å². The molecule has 1 amide bonds. The van der Waals surface area contributed by atoms with Crippen molar-refractivity contribution in [2.24, 2.45) is 0 Å². The lowest BCUT2D eigenvalue weighted by molar-refractivity contribution is 0.0729. The number of aromatic nitrogens is 1. The number of aryl methyl sites for hydroxylation is 1. The molecule has 1 atom stereocenters. The molecule has 5 heteroatoms. The van der Waals surface area contributed by atoms with E-state index in [-0.39, 0.29) is 23.1 Å². The maximum Gasteiger partial charge on any atom is 0.270 e. The average Bonchev–Trinajstić information content (AvgIpc) is 3.04. The summed E-state index contributed by atoms with van der Waals surface area (Å²) in [7, 11) is 1.43. The number of carbonyl (C=O) groups is 1. The Kier molecular flexibility index (Phi) is 4.19. The third-order valence-electron chi connectivity index (χ3n) is 4.39. The van der Waals surface area contributed by atoms with E-state index in [0.29, 0.717) is 12.2 Å². The highest BCUT2D eigenvalue weighted by molar-refractivity contribution is 5.92. The Labute approximate surface area is 134 Å². The molecule has 1 saturated heterocycles. The molecule has 0 radical (unpaired) electrons. The van der Waals surface area contributed by atoms with E-state index < -0.39 is 0 Å². The van der Waals surface area contributed by atoms with Crippen LogP contribution in [0.1, 0.15) is 40.5 Å². The summed E-state index contributed by atoms with van der Waals surface area (Å²) < 4.78 is 4.94. The van der Waals surface area contributed by atoms with Crippen LogP contribution in [0.25, 0.3) is 0 Å². The first-order valence-electron chi connectivity index (χ1n) is 7.75. The monoisotopic (exact) mass is 312 g/mol. The quantitative estimate of drug-likeness (QED) is 0.948. The van der Waals surface area contributed by atoms with E-state index in [1.54, 1.807) is 0 Å². The molecule has 1 aromatic carbocycles. The van der Waals surface area contributed by atoms with Crippen LogP contribution in [-0.2, 0) is 0 Å². The SMILES string of the molecule is COc1c[nH]c(C(=O)N2CCC[C@@H]2c2ccccc2C)cc1=O. The maximum absolute atomic E-state index is 12.8. The molecule has 0 unspecified atom stereocenters. The number of amides is 1. The van der Waals surface area contributed by atoms with Crippen molar-refractivity contribution in [3.8, 4) is 5.75 Å². The zero-order valence-electron chi connectivity index (χ0n) is 13.3. The summed E-state index contributed by atoms with van der Waals surface area (Å²) in [5, 5.41) is 0. The van der Waals surface area contributed by atoms with Crippen LogP contribution >= 0.6 is 0 Å². The fourth-order valence-electron chi connectivity index (χ4n) is 3.19. The number of aromatic amines is 1. The van der Waals surface area contributed by atoms with Crippen molar-refractivity contribution < 1.29 is 9.53 Å². The van der Waals surface area contributed by atoms with Crippen LogP contribution in [0, 0.1) is 6.92 Å². The number of pyridine rings is 1. The molecule has 120 valence electrons.